The van der Waals surface area contributed by atoms with Gasteiger partial charge >= 0.3 is 5.97 Å². The smallest absolute Gasteiger partial charge is 0.319 e. The molecule has 10 nitrogen and oxygen atoms in total. The fourth-order valence-electron chi connectivity index (χ4n) is 7.89. The molecular weight excluding hydrogens is 550 g/mol. The molecule has 0 radical (unpaired) electrons. The highest BCUT2D eigenvalue weighted by molar-refractivity contribution is 6.04. The van der Waals surface area contributed by atoms with Gasteiger partial charge in [0.2, 0.25) is 0 Å². The summed E-state index contributed by atoms with van der Waals surface area (Å²) in [5.41, 5.74) is -2.32. The highest BCUT2D eigenvalue weighted by atomic mass is 16.7. The average Bonchev–Trinajstić information content (AvgIpc) is 2.90. The van der Waals surface area contributed by atoms with Gasteiger partial charge in [0.1, 0.15) is 17.6 Å². The molecule has 0 aromatic rings. The van der Waals surface area contributed by atoms with Crippen LogP contribution >= 0.6 is 0 Å². The number of carbonyl (C=O) groups excluding carboxylic acids is 2. The topological polar surface area (TPSA) is 101 Å². The monoisotopic (exact) mass is 611 g/mol. The number of hydrogen-bond donors (Lipinski definition) is 1. The number of rotatable bonds is 7. The number of aliphatic hydroxyl groups excluding tert-OH is 1. The van der Waals surface area contributed by atoms with Crippen LogP contribution in [-0.4, -0.2) is 134 Å². The van der Waals surface area contributed by atoms with E-state index in [0.717, 1.165) is 32.6 Å². The van der Waals surface area contributed by atoms with Gasteiger partial charge in [-0.3, -0.25) is 14.5 Å². The third kappa shape index (κ3) is 7.99. The molecule has 0 aromatic heterocycles. The number of hydrogen-bond acceptors (Lipinski definition) is 10. The summed E-state index contributed by atoms with van der Waals surface area (Å²) in [6.45, 7) is 19.1. The van der Waals surface area contributed by atoms with E-state index in [1.807, 2.05) is 39.8 Å². The van der Waals surface area contributed by atoms with E-state index in [-0.39, 0.29) is 36.0 Å². The minimum Gasteiger partial charge on any atom is -0.460 e. The lowest BCUT2D eigenvalue weighted by molar-refractivity contribution is -0.295. The van der Waals surface area contributed by atoms with Crippen LogP contribution in [0.3, 0.4) is 0 Å². The van der Waals surface area contributed by atoms with Gasteiger partial charge in [0.15, 0.2) is 12.1 Å². The third-order valence-electron chi connectivity index (χ3n) is 10.3. The van der Waals surface area contributed by atoms with E-state index in [9.17, 15) is 14.7 Å². The summed E-state index contributed by atoms with van der Waals surface area (Å²) in [4.78, 5) is 34.7. The van der Waals surface area contributed by atoms with Crippen molar-refractivity contribution in [3.63, 3.8) is 0 Å². The van der Waals surface area contributed by atoms with E-state index < -0.39 is 41.4 Å². The summed E-state index contributed by atoms with van der Waals surface area (Å²) in [5, 5.41) is 11.3. The lowest BCUT2D eigenvalue weighted by atomic mass is 9.74. The average molecular weight is 612 g/mol. The van der Waals surface area contributed by atoms with Crippen molar-refractivity contribution in [3.8, 4) is 0 Å². The summed E-state index contributed by atoms with van der Waals surface area (Å²) in [6, 6.07) is -0.139. The molecule has 3 rings (SSSR count). The van der Waals surface area contributed by atoms with E-state index in [2.05, 4.69) is 30.7 Å². The van der Waals surface area contributed by atoms with Crippen LogP contribution in [0.1, 0.15) is 74.7 Å². The molecule has 3 heterocycles. The van der Waals surface area contributed by atoms with Crippen molar-refractivity contribution in [2.75, 3.05) is 54.4 Å². The molecule has 3 fully saturated rings. The summed E-state index contributed by atoms with van der Waals surface area (Å²) in [6.07, 6.45) is -0.811. The fraction of sp³-hybridized carbons (Fsp3) is 0.939. The molecule has 10 heteroatoms. The zero-order valence-electron chi connectivity index (χ0n) is 29.0. The lowest BCUT2D eigenvalue weighted by Crippen LogP contribution is -2.60. The standard InChI is InChI=1S/C33H61N3O7/c1-13-14-36-18-24(19-36)26-23(5)42-31(39)32(6,7)28(38)22(4)29(33(8,40-12)16-20(2)17-35(26)11)43-30-27(37)25(34(9)10)15-21(3)41-30/h20-27,29-30,37H,13-19H2,1-12H3/t20-,21-,22+,23-,25+,26?,27-,29-,30+,33-/m1/s1. The zero-order valence-corrected chi connectivity index (χ0v) is 29.0. The van der Waals surface area contributed by atoms with Crippen LogP contribution in [0.15, 0.2) is 0 Å². The first-order valence-electron chi connectivity index (χ1n) is 16.3. The number of carbonyl (C=O) groups is 2. The first-order valence-corrected chi connectivity index (χ1v) is 16.3. The Bertz CT molecular complexity index is 941. The summed E-state index contributed by atoms with van der Waals surface area (Å²) in [7, 11) is 7.61. The molecule has 3 aliphatic heterocycles. The van der Waals surface area contributed by atoms with Gasteiger partial charge < -0.3 is 33.9 Å². The molecule has 43 heavy (non-hydrogen) atoms. The number of likely N-dealkylation sites (tertiary alicyclic amines) is 1. The number of likely N-dealkylation sites (N-methyl/N-ethyl adjacent to an activating group) is 2. The second kappa shape index (κ2) is 14.5. The van der Waals surface area contributed by atoms with Gasteiger partial charge in [-0.05, 0) is 87.5 Å². The van der Waals surface area contributed by atoms with Gasteiger partial charge in [0.25, 0.3) is 0 Å². The first kappa shape index (κ1) is 36.3. The first-order chi connectivity index (χ1) is 20.0. The van der Waals surface area contributed by atoms with Crippen LogP contribution < -0.4 is 0 Å². The molecule has 10 atom stereocenters. The van der Waals surface area contributed by atoms with Gasteiger partial charge in [-0.15, -0.1) is 0 Å². The minimum absolute atomic E-state index is 0.0275. The SMILES string of the molecule is CCCN1CC(C2[C@@H](C)OC(=O)C(C)(C)C(=O)[C@H](C)[C@@H](O[C@@H]3O[C@H](C)C[C@H](N(C)C)[C@H]3O)[C@](C)(OC)C[C@@H](C)CN2C)C1. The van der Waals surface area contributed by atoms with Gasteiger partial charge in [-0.25, -0.2) is 0 Å². The minimum atomic E-state index is -1.41. The molecule has 1 N–H and O–H groups in total. The molecule has 1 unspecified atom stereocenters. The Labute approximate surface area is 260 Å². The number of Topliss-reactive ketones (excluding diaryl/α,β-unsaturated/α-hetero) is 1. The number of ether oxygens (including phenoxy) is 4. The van der Waals surface area contributed by atoms with Crippen molar-refractivity contribution < 1.29 is 33.6 Å². The van der Waals surface area contributed by atoms with Crippen molar-refractivity contribution >= 4 is 11.8 Å². The molecule has 0 aromatic carbocycles. The highest BCUT2D eigenvalue weighted by Gasteiger charge is 2.52. The van der Waals surface area contributed by atoms with Crippen LogP contribution in [0.5, 0.6) is 0 Å². The Morgan fingerprint density at radius 1 is 1.07 bits per heavy atom. The molecular formula is C33H61N3O7. The molecule has 0 spiro atoms. The quantitative estimate of drug-likeness (QED) is 0.342. The van der Waals surface area contributed by atoms with E-state index in [1.54, 1.807) is 27.9 Å². The second-order valence-corrected chi connectivity index (χ2v) is 14.8. The largest absolute Gasteiger partial charge is 0.460 e. The fourth-order valence-corrected chi connectivity index (χ4v) is 7.89. The van der Waals surface area contributed by atoms with Gasteiger partial charge in [0.05, 0.1) is 23.9 Å². The number of methoxy groups -OCH3 is 1. The Balaban J connectivity index is 1.99. The van der Waals surface area contributed by atoms with Gasteiger partial charge in [-0.2, -0.15) is 0 Å². The number of cyclic esters (lactones) is 1. The lowest BCUT2D eigenvalue weighted by Gasteiger charge is -2.49. The van der Waals surface area contributed by atoms with E-state index in [4.69, 9.17) is 18.9 Å². The molecule has 0 amide bonds. The van der Waals surface area contributed by atoms with E-state index >= 15 is 0 Å². The van der Waals surface area contributed by atoms with Crippen molar-refractivity contribution in [2.24, 2.45) is 23.2 Å². The Hall–Kier alpha value is -1.14. The number of nitrogens with zero attached hydrogens (tertiary/aromatic N) is 3. The second-order valence-electron chi connectivity index (χ2n) is 14.8. The van der Waals surface area contributed by atoms with Crippen molar-refractivity contribution in [2.45, 2.75) is 123 Å². The molecule has 3 aliphatic rings. The predicted octanol–water partition coefficient (Wildman–Crippen LogP) is 3.05. The summed E-state index contributed by atoms with van der Waals surface area (Å²) >= 11 is 0. The Kier molecular flexibility index (Phi) is 12.3. The molecule has 250 valence electrons. The predicted molar refractivity (Wildman–Crippen MR) is 167 cm³/mol. The van der Waals surface area contributed by atoms with Crippen LogP contribution in [0.2, 0.25) is 0 Å². The van der Waals surface area contributed by atoms with Crippen LogP contribution in [0.4, 0.5) is 0 Å². The molecule has 3 saturated heterocycles. The number of aliphatic hydroxyl groups is 1. The maximum absolute atomic E-state index is 14.2. The van der Waals surface area contributed by atoms with Gasteiger partial charge in [0, 0.05) is 44.6 Å². The van der Waals surface area contributed by atoms with Crippen molar-refractivity contribution in [1.82, 2.24) is 14.7 Å². The number of esters is 1. The van der Waals surface area contributed by atoms with Crippen LogP contribution in [-0.2, 0) is 28.5 Å². The maximum Gasteiger partial charge on any atom is 0.319 e. The van der Waals surface area contributed by atoms with Crippen molar-refractivity contribution in [1.29, 1.82) is 0 Å². The summed E-state index contributed by atoms with van der Waals surface area (Å²) in [5.74, 6) is -1.02. The van der Waals surface area contributed by atoms with Gasteiger partial charge in [-0.1, -0.05) is 20.8 Å². The third-order valence-corrected chi connectivity index (χ3v) is 10.3. The van der Waals surface area contributed by atoms with Crippen molar-refractivity contribution in [3.05, 3.63) is 0 Å². The number of ketones is 1. The van der Waals surface area contributed by atoms with Crippen LogP contribution in [0.25, 0.3) is 0 Å². The van der Waals surface area contributed by atoms with E-state index in [1.165, 1.54) is 0 Å². The highest BCUT2D eigenvalue weighted by Crippen LogP contribution is 2.39. The Morgan fingerprint density at radius 2 is 1.70 bits per heavy atom. The molecule has 0 saturated carbocycles. The van der Waals surface area contributed by atoms with E-state index in [0.29, 0.717) is 18.8 Å². The summed E-state index contributed by atoms with van der Waals surface area (Å²) < 4.78 is 25.2. The molecule has 0 aliphatic carbocycles. The normalized spacial score (nSPS) is 41.2. The Morgan fingerprint density at radius 3 is 2.26 bits per heavy atom. The molecule has 0 bridgehead atoms. The zero-order chi connectivity index (χ0) is 32.4. The van der Waals surface area contributed by atoms with Crippen LogP contribution in [0, 0.1) is 23.2 Å². The maximum atomic E-state index is 14.2.